The van der Waals surface area contributed by atoms with E-state index in [1.807, 2.05) is 0 Å². The first-order valence-corrected chi connectivity index (χ1v) is 13.1. The van der Waals surface area contributed by atoms with Crippen molar-refractivity contribution in [3.8, 4) is 11.1 Å². The molecule has 7 rings (SSSR count). The molecule has 0 fully saturated rings. The van der Waals surface area contributed by atoms with E-state index in [1.54, 1.807) is 0 Å². The van der Waals surface area contributed by atoms with Gasteiger partial charge in [0.1, 0.15) is 0 Å². The van der Waals surface area contributed by atoms with Crippen LogP contribution in [0.1, 0.15) is 25.0 Å². The van der Waals surface area contributed by atoms with Crippen LogP contribution >= 0.6 is 15.9 Å². The third kappa shape index (κ3) is 3.02. The van der Waals surface area contributed by atoms with Crippen molar-refractivity contribution in [2.24, 2.45) is 0 Å². The molecule has 0 saturated carbocycles. The Kier molecular flexibility index (Phi) is 4.67. The number of nitrogens with zero attached hydrogens (tertiary/aromatic N) is 2. The van der Waals surface area contributed by atoms with E-state index in [2.05, 4.69) is 155 Å². The molecule has 0 amide bonds. The van der Waals surface area contributed by atoms with Gasteiger partial charge in [0, 0.05) is 15.6 Å². The Morgan fingerprint density at radius 1 is 0.528 bits per heavy atom. The fourth-order valence-corrected chi connectivity index (χ4v) is 6.13. The van der Waals surface area contributed by atoms with Crippen LogP contribution < -0.4 is 9.80 Å². The van der Waals surface area contributed by atoms with E-state index in [-0.39, 0.29) is 5.41 Å². The molecule has 0 aliphatic carbocycles. The molecule has 2 nitrogen and oxygen atoms in total. The van der Waals surface area contributed by atoms with Crippen LogP contribution in [0.5, 0.6) is 0 Å². The topological polar surface area (TPSA) is 6.48 Å². The van der Waals surface area contributed by atoms with Gasteiger partial charge in [0.25, 0.3) is 0 Å². The van der Waals surface area contributed by atoms with Gasteiger partial charge in [0.05, 0.1) is 28.4 Å². The number of para-hydroxylation sites is 2. The normalized spacial score (nSPS) is 14.6. The summed E-state index contributed by atoms with van der Waals surface area (Å²) in [5.74, 6) is 0. The highest BCUT2D eigenvalue weighted by atomic mass is 79.9. The van der Waals surface area contributed by atoms with E-state index >= 15 is 0 Å². The summed E-state index contributed by atoms with van der Waals surface area (Å²) in [5.41, 5.74) is 12.3. The summed E-state index contributed by atoms with van der Waals surface area (Å²) in [5, 5.41) is 0. The van der Waals surface area contributed by atoms with Crippen LogP contribution in [-0.2, 0) is 5.41 Å². The zero-order valence-electron chi connectivity index (χ0n) is 20.2. The molecule has 5 aromatic carbocycles. The second kappa shape index (κ2) is 7.84. The molecule has 0 radical (unpaired) electrons. The zero-order chi connectivity index (χ0) is 24.4. The van der Waals surface area contributed by atoms with E-state index < -0.39 is 0 Å². The molecule has 3 heteroatoms. The fourth-order valence-electron chi connectivity index (χ4n) is 5.86. The van der Waals surface area contributed by atoms with E-state index in [0.29, 0.717) is 0 Å². The lowest BCUT2D eigenvalue weighted by Gasteiger charge is -2.48. The van der Waals surface area contributed by atoms with Crippen molar-refractivity contribution in [1.29, 1.82) is 0 Å². The van der Waals surface area contributed by atoms with Gasteiger partial charge in [-0.1, -0.05) is 96.5 Å². The molecule has 36 heavy (non-hydrogen) atoms. The molecule has 174 valence electrons. The van der Waals surface area contributed by atoms with Crippen molar-refractivity contribution in [1.82, 2.24) is 0 Å². The van der Waals surface area contributed by atoms with Gasteiger partial charge in [0.2, 0.25) is 0 Å². The van der Waals surface area contributed by atoms with Gasteiger partial charge in [0.15, 0.2) is 0 Å². The smallest absolute Gasteiger partial charge is 0.0744 e. The minimum absolute atomic E-state index is 0.113. The van der Waals surface area contributed by atoms with Crippen molar-refractivity contribution in [2.75, 3.05) is 9.80 Å². The van der Waals surface area contributed by atoms with Gasteiger partial charge < -0.3 is 9.80 Å². The van der Waals surface area contributed by atoms with Gasteiger partial charge in [-0.15, -0.1) is 0 Å². The molecular weight excluding hydrogens is 504 g/mol. The third-order valence-electron chi connectivity index (χ3n) is 7.62. The first kappa shape index (κ1) is 21.5. The van der Waals surface area contributed by atoms with Gasteiger partial charge in [-0.3, -0.25) is 0 Å². The minimum atomic E-state index is -0.113. The second-order valence-electron chi connectivity index (χ2n) is 10.0. The summed E-state index contributed by atoms with van der Waals surface area (Å²) in [6.07, 6.45) is 0. The van der Waals surface area contributed by atoms with Crippen LogP contribution in [0.4, 0.5) is 34.1 Å². The minimum Gasteiger partial charge on any atom is -0.306 e. The number of fused-ring (bicyclic) bond motifs is 4. The van der Waals surface area contributed by atoms with E-state index in [1.165, 1.54) is 50.7 Å². The van der Waals surface area contributed by atoms with Crippen LogP contribution in [-0.4, -0.2) is 0 Å². The van der Waals surface area contributed by atoms with Crippen molar-refractivity contribution in [3.63, 3.8) is 0 Å². The Morgan fingerprint density at radius 3 is 2.03 bits per heavy atom. The van der Waals surface area contributed by atoms with Crippen LogP contribution in [0, 0.1) is 0 Å². The van der Waals surface area contributed by atoms with Gasteiger partial charge in [-0.2, -0.15) is 0 Å². The first-order chi connectivity index (χ1) is 17.5. The number of rotatable bonds is 2. The Bertz CT molecular complexity index is 1620. The maximum Gasteiger partial charge on any atom is 0.0744 e. The third-order valence-corrected chi connectivity index (χ3v) is 8.15. The number of hydrogen-bond acceptors (Lipinski definition) is 2. The lowest BCUT2D eigenvalue weighted by molar-refractivity contribution is 0.631. The number of halogens is 1. The predicted octanol–water partition coefficient (Wildman–Crippen LogP) is 10.0. The van der Waals surface area contributed by atoms with Gasteiger partial charge >= 0.3 is 0 Å². The van der Waals surface area contributed by atoms with Crippen molar-refractivity contribution >= 4 is 50.1 Å². The molecule has 0 aromatic heterocycles. The monoisotopic (exact) mass is 528 g/mol. The largest absolute Gasteiger partial charge is 0.306 e. The summed E-state index contributed by atoms with van der Waals surface area (Å²) >= 11 is 3.62. The zero-order valence-corrected chi connectivity index (χ0v) is 21.8. The predicted molar refractivity (Wildman–Crippen MR) is 155 cm³/mol. The van der Waals surface area contributed by atoms with Crippen molar-refractivity contribution in [2.45, 2.75) is 19.3 Å². The first-order valence-electron chi connectivity index (χ1n) is 12.3. The number of hydrogen-bond donors (Lipinski definition) is 0. The summed E-state index contributed by atoms with van der Waals surface area (Å²) in [6.45, 7) is 4.69. The summed E-state index contributed by atoms with van der Waals surface area (Å²) in [7, 11) is 0. The molecule has 0 unspecified atom stereocenters. The Labute approximate surface area is 220 Å². The molecule has 0 atom stereocenters. The van der Waals surface area contributed by atoms with E-state index in [9.17, 15) is 0 Å². The van der Waals surface area contributed by atoms with Crippen LogP contribution in [0.25, 0.3) is 11.1 Å². The highest BCUT2D eigenvalue weighted by Crippen LogP contribution is 2.61. The summed E-state index contributed by atoms with van der Waals surface area (Å²) < 4.78 is 1.08. The summed E-state index contributed by atoms with van der Waals surface area (Å²) in [4.78, 5) is 4.90. The lowest BCUT2D eigenvalue weighted by atomic mass is 9.72. The molecular formula is C33H25BrN2. The highest BCUT2D eigenvalue weighted by Gasteiger charge is 2.42. The van der Waals surface area contributed by atoms with E-state index in [4.69, 9.17) is 0 Å². The van der Waals surface area contributed by atoms with Crippen molar-refractivity contribution < 1.29 is 0 Å². The molecule has 2 aliphatic rings. The molecule has 0 bridgehead atoms. The molecule has 2 aliphatic heterocycles. The van der Waals surface area contributed by atoms with Crippen LogP contribution in [0.15, 0.2) is 120 Å². The van der Waals surface area contributed by atoms with Crippen LogP contribution in [0.3, 0.4) is 0 Å². The Hall–Kier alpha value is -3.82. The van der Waals surface area contributed by atoms with E-state index in [0.717, 1.165) is 10.2 Å². The molecule has 0 saturated heterocycles. The fraction of sp³-hybridized carbons (Fsp3) is 0.0909. The van der Waals surface area contributed by atoms with Gasteiger partial charge in [-0.25, -0.2) is 0 Å². The lowest BCUT2D eigenvalue weighted by Crippen LogP contribution is -2.34. The second-order valence-corrected chi connectivity index (χ2v) is 10.9. The maximum absolute atomic E-state index is 3.62. The number of benzene rings is 5. The molecule has 5 aromatic rings. The SMILES string of the molecule is CC1(C)c2ccccc2N2c3cc(-c4ccccc4)ccc3N(c3ccc(Br)cc3)c3cccc1c32. The number of anilines is 6. The Balaban J connectivity index is 1.57. The standard InChI is InChI=1S/C33H25BrN2/c1-33(2)26-11-6-7-13-28(26)36-31-21-23(22-9-4-3-5-10-22)15-20-29(31)35(25-18-16-24(34)17-19-25)30-14-8-12-27(33)32(30)36/h3-21H,1-2H3. The average Bonchev–Trinajstić information content (AvgIpc) is 2.92. The maximum atomic E-state index is 3.62. The highest BCUT2D eigenvalue weighted by molar-refractivity contribution is 9.10. The van der Waals surface area contributed by atoms with Gasteiger partial charge in [-0.05, 0) is 70.8 Å². The Morgan fingerprint density at radius 2 is 1.22 bits per heavy atom. The summed E-state index contributed by atoms with van der Waals surface area (Å²) in [6, 6.07) is 41.8. The molecule has 2 heterocycles. The van der Waals surface area contributed by atoms with Crippen LogP contribution in [0.2, 0.25) is 0 Å². The molecule has 0 spiro atoms. The quantitative estimate of drug-likeness (QED) is 0.220. The van der Waals surface area contributed by atoms with Crippen molar-refractivity contribution in [3.05, 3.63) is 131 Å². The molecule has 0 N–H and O–H groups in total. The average molecular weight is 529 g/mol.